The van der Waals surface area contributed by atoms with Crippen LogP contribution >= 0.6 is 39.1 Å². The second-order valence-corrected chi connectivity index (χ2v) is 10.1. The van der Waals surface area contributed by atoms with Crippen molar-refractivity contribution in [3.8, 4) is 0 Å². The first-order valence-corrected chi connectivity index (χ1v) is 11.2. The number of rotatable bonds is 1. The second-order valence-electron chi connectivity index (χ2n) is 7.98. The summed E-state index contributed by atoms with van der Waals surface area (Å²) in [5.74, 6) is -1.67. The minimum atomic E-state index is -0.764. The van der Waals surface area contributed by atoms with E-state index < -0.39 is 16.2 Å². The summed E-state index contributed by atoms with van der Waals surface area (Å²) in [6, 6.07) is 21.0. The maximum absolute atomic E-state index is 13.8. The minimum absolute atomic E-state index is 0.172. The molecule has 1 saturated heterocycles. The van der Waals surface area contributed by atoms with Gasteiger partial charge in [0.1, 0.15) is 0 Å². The van der Waals surface area contributed by atoms with E-state index in [-0.39, 0.29) is 22.8 Å². The molecule has 3 aromatic rings. The molecule has 0 saturated carbocycles. The van der Waals surface area contributed by atoms with Crippen LogP contribution in [0.5, 0.6) is 0 Å². The van der Waals surface area contributed by atoms with E-state index in [1.807, 2.05) is 24.3 Å². The van der Waals surface area contributed by atoms with Crippen LogP contribution in [-0.2, 0) is 13.9 Å². The first kappa shape index (κ1) is 18.6. The van der Waals surface area contributed by atoms with Gasteiger partial charge in [-0.25, -0.2) is 4.90 Å². The standard InChI is InChI=1S/C24H14BrCl2NO2/c25-24-15-7-3-1-5-13(15)19(14-6-2-4-8-16(14)24)20-21(24)23(30)28(22(20)29)18-10-9-12(26)11-17(18)27/h1-11,19-21H/t19?,20-,21-,24?/m1/s1. The highest BCUT2D eigenvalue weighted by Crippen LogP contribution is 2.66. The fraction of sp³-hybridized carbons (Fsp3) is 0.167. The quantitative estimate of drug-likeness (QED) is 0.309. The molecule has 1 heterocycles. The molecule has 4 aliphatic rings. The summed E-state index contributed by atoms with van der Waals surface area (Å²) in [5.41, 5.74) is 4.69. The average Bonchev–Trinajstić information content (AvgIpc) is 3.01. The Morgan fingerprint density at radius 3 is 2.03 bits per heavy atom. The van der Waals surface area contributed by atoms with Crippen molar-refractivity contribution in [1.29, 1.82) is 0 Å². The van der Waals surface area contributed by atoms with Crippen LogP contribution in [0.4, 0.5) is 5.69 Å². The van der Waals surface area contributed by atoms with Crippen molar-refractivity contribution in [3.63, 3.8) is 0 Å². The van der Waals surface area contributed by atoms with Gasteiger partial charge in [0.05, 0.1) is 26.9 Å². The molecule has 0 aromatic heterocycles. The van der Waals surface area contributed by atoms with Crippen molar-refractivity contribution < 1.29 is 9.59 Å². The molecule has 0 spiro atoms. The zero-order valence-electron chi connectivity index (χ0n) is 15.5. The lowest BCUT2D eigenvalue weighted by Gasteiger charge is -2.51. The van der Waals surface area contributed by atoms with Gasteiger partial charge < -0.3 is 0 Å². The smallest absolute Gasteiger partial charge is 0.239 e. The summed E-state index contributed by atoms with van der Waals surface area (Å²) in [6.07, 6.45) is 0. The van der Waals surface area contributed by atoms with Gasteiger partial charge in [-0.3, -0.25) is 9.59 Å². The van der Waals surface area contributed by atoms with E-state index >= 15 is 0 Å². The zero-order chi connectivity index (χ0) is 20.8. The van der Waals surface area contributed by atoms with Crippen molar-refractivity contribution in [1.82, 2.24) is 0 Å². The van der Waals surface area contributed by atoms with Crippen LogP contribution in [0.3, 0.4) is 0 Å². The van der Waals surface area contributed by atoms with E-state index in [0.717, 1.165) is 22.3 Å². The summed E-state index contributed by atoms with van der Waals surface area (Å²) in [5, 5.41) is 0.742. The number of anilines is 1. The van der Waals surface area contributed by atoms with E-state index in [4.69, 9.17) is 23.2 Å². The fourth-order valence-corrected chi connectivity index (χ4v) is 7.28. The number of nitrogens with zero attached hydrogens (tertiary/aromatic N) is 1. The van der Waals surface area contributed by atoms with Gasteiger partial charge in [0.2, 0.25) is 11.8 Å². The van der Waals surface area contributed by atoms with Gasteiger partial charge in [-0.1, -0.05) is 87.7 Å². The van der Waals surface area contributed by atoms with E-state index in [9.17, 15) is 9.59 Å². The van der Waals surface area contributed by atoms with Crippen LogP contribution in [0.25, 0.3) is 0 Å². The lowest BCUT2D eigenvalue weighted by molar-refractivity contribution is -0.122. The Morgan fingerprint density at radius 2 is 1.43 bits per heavy atom. The van der Waals surface area contributed by atoms with Crippen LogP contribution in [0.15, 0.2) is 66.7 Å². The molecule has 3 nitrogen and oxygen atoms in total. The average molecular weight is 499 g/mol. The molecule has 2 bridgehead atoms. The molecule has 3 aliphatic carbocycles. The van der Waals surface area contributed by atoms with Crippen LogP contribution in [0.1, 0.15) is 28.2 Å². The molecular formula is C24H14BrCl2NO2. The van der Waals surface area contributed by atoms with Crippen molar-refractivity contribution >= 4 is 56.6 Å². The molecule has 3 aromatic carbocycles. The van der Waals surface area contributed by atoms with Gasteiger partial charge in [-0.2, -0.15) is 0 Å². The lowest BCUT2D eigenvalue weighted by atomic mass is 9.55. The Morgan fingerprint density at radius 1 is 0.833 bits per heavy atom. The third kappa shape index (κ3) is 2.12. The molecule has 0 N–H and O–H groups in total. The number of benzene rings is 3. The van der Waals surface area contributed by atoms with Gasteiger partial charge >= 0.3 is 0 Å². The molecule has 30 heavy (non-hydrogen) atoms. The van der Waals surface area contributed by atoms with E-state index in [1.54, 1.807) is 18.2 Å². The highest BCUT2D eigenvalue weighted by Gasteiger charge is 2.67. The van der Waals surface area contributed by atoms with Crippen LogP contribution in [-0.4, -0.2) is 11.8 Å². The molecular weight excluding hydrogens is 485 g/mol. The van der Waals surface area contributed by atoms with Crippen LogP contribution in [0, 0.1) is 11.8 Å². The topological polar surface area (TPSA) is 37.4 Å². The minimum Gasteiger partial charge on any atom is -0.274 e. The van der Waals surface area contributed by atoms with Gasteiger partial charge in [0.15, 0.2) is 0 Å². The lowest BCUT2D eigenvalue weighted by Crippen LogP contribution is -2.50. The highest BCUT2D eigenvalue weighted by molar-refractivity contribution is 9.09. The molecule has 0 unspecified atom stereocenters. The second kappa shape index (κ2) is 6.19. The fourth-order valence-electron chi connectivity index (χ4n) is 5.58. The molecule has 2 atom stereocenters. The first-order chi connectivity index (χ1) is 14.4. The molecule has 0 radical (unpaired) electrons. The predicted octanol–water partition coefficient (Wildman–Crippen LogP) is 5.90. The van der Waals surface area contributed by atoms with Crippen molar-refractivity contribution in [3.05, 3.63) is 99.0 Å². The summed E-state index contributed by atoms with van der Waals surface area (Å²) < 4.78 is -0.764. The monoisotopic (exact) mass is 497 g/mol. The molecule has 1 fully saturated rings. The van der Waals surface area contributed by atoms with Gasteiger partial charge in [0, 0.05) is 10.9 Å². The van der Waals surface area contributed by atoms with Crippen LogP contribution < -0.4 is 4.90 Å². The Balaban J connectivity index is 1.62. The van der Waals surface area contributed by atoms with Gasteiger partial charge in [-0.05, 0) is 40.5 Å². The molecule has 148 valence electrons. The highest BCUT2D eigenvalue weighted by atomic mass is 79.9. The first-order valence-electron chi connectivity index (χ1n) is 9.65. The van der Waals surface area contributed by atoms with E-state index in [2.05, 4.69) is 40.2 Å². The van der Waals surface area contributed by atoms with Crippen LogP contribution in [0.2, 0.25) is 10.0 Å². The zero-order valence-corrected chi connectivity index (χ0v) is 18.6. The Labute approximate surface area is 191 Å². The van der Waals surface area contributed by atoms with E-state index in [1.165, 1.54) is 4.90 Å². The third-order valence-electron chi connectivity index (χ3n) is 6.67. The number of imide groups is 1. The SMILES string of the molecule is O=C1[C@@H]2C3c4ccccc4C(Br)(c4ccccc43)[C@H]2C(=O)N1c1ccc(Cl)cc1Cl. The third-order valence-corrected chi connectivity index (χ3v) is 8.55. The number of alkyl halides is 1. The van der Waals surface area contributed by atoms with Gasteiger partial charge in [0.25, 0.3) is 0 Å². The summed E-state index contributed by atoms with van der Waals surface area (Å²) >= 11 is 16.4. The number of hydrogen-bond acceptors (Lipinski definition) is 2. The normalized spacial score (nSPS) is 28.4. The number of carbonyl (C=O) groups is 2. The Bertz CT molecular complexity index is 1230. The number of hydrogen-bond donors (Lipinski definition) is 0. The Kier molecular flexibility index (Phi) is 3.84. The van der Waals surface area contributed by atoms with Crippen molar-refractivity contribution in [2.24, 2.45) is 11.8 Å². The number of halogens is 3. The van der Waals surface area contributed by atoms with Gasteiger partial charge in [-0.15, -0.1) is 0 Å². The largest absolute Gasteiger partial charge is 0.274 e. The molecule has 2 amide bonds. The Hall–Kier alpha value is -2.14. The van der Waals surface area contributed by atoms with E-state index in [0.29, 0.717) is 10.7 Å². The number of carbonyl (C=O) groups excluding carboxylic acids is 2. The van der Waals surface area contributed by atoms with Crippen molar-refractivity contribution in [2.75, 3.05) is 4.90 Å². The molecule has 7 rings (SSSR count). The van der Waals surface area contributed by atoms with Crippen molar-refractivity contribution in [2.45, 2.75) is 10.2 Å². The summed E-state index contributed by atoms with van der Waals surface area (Å²) in [4.78, 5) is 28.8. The number of amides is 2. The summed E-state index contributed by atoms with van der Waals surface area (Å²) in [6.45, 7) is 0. The maximum Gasteiger partial charge on any atom is 0.239 e. The molecule has 6 heteroatoms. The predicted molar refractivity (Wildman–Crippen MR) is 120 cm³/mol. The molecule has 1 aliphatic heterocycles. The summed E-state index contributed by atoms with van der Waals surface area (Å²) in [7, 11) is 0. The maximum atomic E-state index is 13.8.